The van der Waals surface area contributed by atoms with Crippen molar-refractivity contribution in [3.05, 3.63) is 24.3 Å². The molecule has 0 spiro atoms. The topological polar surface area (TPSA) is 52.1 Å². The third-order valence-electron chi connectivity index (χ3n) is 3.44. The molecule has 1 unspecified atom stereocenters. The normalized spacial score (nSPS) is 18.9. The summed E-state index contributed by atoms with van der Waals surface area (Å²) in [5.41, 5.74) is 0.546. The molecule has 0 amide bonds. The van der Waals surface area contributed by atoms with Crippen molar-refractivity contribution in [1.29, 1.82) is 0 Å². The zero-order valence-electron chi connectivity index (χ0n) is 10.1. The molecule has 0 N–H and O–H groups in total. The molecule has 1 atom stereocenters. The summed E-state index contributed by atoms with van der Waals surface area (Å²) in [6.45, 7) is 0. The van der Waals surface area contributed by atoms with Crippen LogP contribution in [-0.2, 0) is 4.74 Å². The number of ketones is 1. The van der Waals surface area contributed by atoms with Crippen molar-refractivity contribution in [3.63, 3.8) is 0 Å². The summed E-state index contributed by atoms with van der Waals surface area (Å²) in [6.07, 6.45) is 10.0. The number of carbonyl (C=O) groups excluding carboxylic acids is 1. The fourth-order valence-corrected chi connectivity index (χ4v) is 2.54. The molecule has 4 nitrogen and oxygen atoms in total. The van der Waals surface area contributed by atoms with Gasteiger partial charge in [0, 0.05) is 19.5 Å². The molecular weight excluding hydrogens is 216 g/mol. The van der Waals surface area contributed by atoms with Crippen LogP contribution in [0.15, 0.2) is 18.7 Å². The van der Waals surface area contributed by atoms with Crippen molar-refractivity contribution in [2.45, 2.75) is 38.2 Å². The Labute approximate surface area is 101 Å². The van der Waals surface area contributed by atoms with Crippen LogP contribution in [0.4, 0.5) is 0 Å². The van der Waals surface area contributed by atoms with E-state index < -0.39 is 0 Å². The Morgan fingerprint density at radius 2 is 1.94 bits per heavy atom. The number of hydrogen-bond acceptors (Lipinski definition) is 4. The minimum Gasteiger partial charge on any atom is -0.373 e. The molecule has 0 saturated heterocycles. The van der Waals surface area contributed by atoms with Gasteiger partial charge in [-0.05, 0) is 18.8 Å². The number of Topliss-reactive ketones (excluding diaryl/α,β-unsaturated/α-hetero) is 1. The highest BCUT2D eigenvalue weighted by molar-refractivity contribution is 5.99. The molecule has 1 aromatic rings. The lowest BCUT2D eigenvalue weighted by Gasteiger charge is -2.28. The van der Waals surface area contributed by atoms with Crippen LogP contribution in [0.25, 0.3) is 0 Å². The molecule has 1 aromatic heterocycles. The predicted octanol–water partition coefficient (Wildman–Crippen LogP) is 2.25. The molecule has 92 valence electrons. The number of methoxy groups -OCH3 is 1. The van der Waals surface area contributed by atoms with Crippen LogP contribution in [0, 0.1) is 5.92 Å². The molecule has 0 radical (unpaired) electrons. The number of aromatic nitrogens is 2. The molecule has 0 aromatic carbocycles. The number of carbonyl (C=O) groups is 1. The van der Waals surface area contributed by atoms with Gasteiger partial charge in [0.2, 0.25) is 0 Å². The highest BCUT2D eigenvalue weighted by Gasteiger charge is 2.30. The molecule has 1 aliphatic rings. The molecule has 4 heteroatoms. The minimum absolute atomic E-state index is 0.0139. The van der Waals surface area contributed by atoms with E-state index in [2.05, 4.69) is 9.97 Å². The van der Waals surface area contributed by atoms with Crippen LogP contribution in [-0.4, -0.2) is 29.0 Å². The fourth-order valence-electron chi connectivity index (χ4n) is 2.54. The molecule has 1 saturated carbocycles. The average Bonchev–Trinajstić information content (AvgIpc) is 2.42. The first kappa shape index (κ1) is 12.2. The average molecular weight is 234 g/mol. The lowest BCUT2D eigenvalue weighted by molar-refractivity contribution is 0.0313. The smallest absolute Gasteiger partial charge is 0.194 e. The standard InChI is InChI=1S/C13H18N2O2/c1-17-13(10-5-3-2-4-6-10)12(16)11-7-14-9-15-8-11/h7-10,13H,2-6H2,1H3. The minimum atomic E-state index is -0.332. The second-order valence-electron chi connectivity index (χ2n) is 4.55. The Hall–Kier alpha value is -1.29. The van der Waals surface area contributed by atoms with Crippen molar-refractivity contribution >= 4 is 5.78 Å². The van der Waals surface area contributed by atoms with Gasteiger partial charge in [-0.25, -0.2) is 9.97 Å². The maximum Gasteiger partial charge on any atom is 0.194 e. The van der Waals surface area contributed by atoms with Crippen molar-refractivity contribution in [1.82, 2.24) is 9.97 Å². The van der Waals surface area contributed by atoms with Gasteiger partial charge in [0.05, 0.1) is 5.56 Å². The van der Waals surface area contributed by atoms with E-state index in [-0.39, 0.29) is 11.9 Å². The highest BCUT2D eigenvalue weighted by Crippen LogP contribution is 2.29. The highest BCUT2D eigenvalue weighted by atomic mass is 16.5. The molecule has 1 heterocycles. The molecule has 2 rings (SSSR count). The number of nitrogens with zero attached hydrogens (tertiary/aromatic N) is 2. The lowest BCUT2D eigenvalue weighted by atomic mass is 9.83. The first-order valence-corrected chi connectivity index (χ1v) is 6.15. The molecule has 0 bridgehead atoms. The molecular formula is C13H18N2O2. The van der Waals surface area contributed by atoms with Gasteiger partial charge in [0.25, 0.3) is 0 Å². The van der Waals surface area contributed by atoms with Gasteiger partial charge in [-0.2, -0.15) is 0 Å². The summed E-state index contributed by atoms with van der Waals surface area (Å²) in [5, 5.41) is 0. The quantitative estimate of drug-likeness (QED) is 0.750. The Morgan fingerprint density at radius 1 is 1.29 bits per heavy atom. The SMILES string of the molecule is COC(C(=O)c1cncnc1)C1CCCCC1. The third-order valence-corrected chi connectivity index (χ3v) is 3.44. The van der Waals surface area contributed by atoms with Crippen LogP contribution in [0.1, 0.15) is 42.5 Å². The van der Waals surface area contributed by atoms with Gasteiger partial charge in [0.1, 0.15) is 12.4 Å². The summed E-state index contributed by atoms with van der Waals surface area (Å²) in [5.74, 6) is 0.362. The van der Waals surface area contributed by atoms with E-state index in [1.54, 1.807) is 19.5 Å². The van der Waals surface area contributed by atoms with Crippen LogP contribution in [0.3, 0.4) is 0 Å². The van der Waals surface area contributed by atoms with Crippen molar-refractivity contribution in [3.8, 4) is 0 Å². The second kappa shape index (κ2) is 5.87. The van der Waals surface area contributed by atoms with Crippen LogP contribution in [0.2, 0.25) is 0 Å². The van der Waals surface area contributed by atoms with Crippen LogP contribution in [0.5, 0.6) is 0 Å². The van der Waals surface area contributed by atoms with Gasteiger partial charge in [-0.1, -0.05) is 19.3 Å². The van der Waals surface area contributed by atoms with Gasteiger partial charge in [0.15, 0.2) is 5.78 Å². The van der Waals surface area contributed by atoms with Gasteiger partial charge < -0.3 is 4.74 Å². The second-order valence-corrected chi connectivity index (χ2v) is 4.55. The summed E-state index contributed by atoms with van der Waals surface area (Å²) in [6, 6.07) is 0. The largest absolute Gasteiger partial charge is 0.373 e. The van der Waals surface area contributed by atoms with E-state index in [1.165, 1.54) is 25.6 Å². The Kier molecular flexibility index (Phi) is 4.20. The van der Waals surface area contributed by atoms with Gasteiger partial charge in [-0.15, -0.1) is 0 Å². The Balaban J connectivity index is 2.09. The zero-order valence-corrected chi connectivity index (χ0v) is 10.1. The maximum atomic E-state index is 12.3. The van der Waals surface area contributed by atoms with E-state index in [0.29, 0.717) is 11.5 Å². The number of hydrogen-bond donors (Lipinski definition) is 0. The van der Waals surface area contributed by atoms with E-state index in [1.807, 2.05) is 0 Å². The number of rotatable bonds is 4. The number of ether oxygens (including phenoxy) is 1. The fraction of sp³-hybridized carbons (Fsp3) is 0.615. The van der Waals surface area contributed by atoms with Crippen LogP contribution < -0.4 is 0 Å². The van der Waals surface area contributed by atoms with Crippen LogP contribution >= 0.6 is 0 Å². The monoisotopic (exact) mass is 234 g/mol. The summed E-state index contributed by atoms with van der Waals surface area (Å²) >= 11 is 0. The van der Waals surface area contributed by atoms with E-state index >= 15 is 0 Å². The molecule has 1 aliphatic carbocycles. The maximum absolute atomic E-state index is 12.3. The Bertz CT molecular complexity index is 361. The molecule has 0 aliphatic heterocycles. The van der Waals surface area contributed by atoms with E-state index in [4.69, 9.17) is 4.74 Å². The third kappa shape index (κ3) is 2.88. The van der Waals surface area contributed by atoms with Gasteiger partial charge in [-0.3, -0.25) is 4.79 Å². The molecule has 1 fully saturated rings. The predicted molar refractivity (Wildman–Crippen MR) is 63.7 cm³/mol. The van der Waals surface area contributed by atoms with Crippen molar-refractivity contribution < 1.29 is 9.53 Å². The Morgan fingerprint density at radius 3 is 2.53 bits per heavy atom. The van der Waals surface area contributed by atoms with E-state index in [0.717, 1.165) is 12.8 Å². The molecule has 17 heavy (non-hydrogen) atoms. The van der Waals surface area contributed by atoms with Crippen molar-refractivity contribution in [2.75, 3.05) is 7.11 Å². The first-order valence-electron chi connectivity index (χ1n) is 6.15. The summed E-state index contributed by atoms with van der Waals surface area (Å²) < 4.78 is 5.40. The summed E-state index contributed by atoms with van der Waals surface area (Å²) in [4.78, 5) is 20.0. The lowest BCUT2D eigenvalue weighted by Crippen LogP contribution is -2.33. The zero-order chi connectivity index (χ0) is 12.1. The van der Waals surface area contributed by atoms with Crippen molar-refractivity contribution in [2.24, 2.45) is 5.92 Å². The van der Waals surface area contributed by atoms with E-state index in [9.17, 15) is 4.79 Å². The summed E-state index contributed by atoms with van der Waals surface area (Å²) in [7, 11) is 1.61. The van der Waals surface area contributed by atoms with Gasteiger partial charge >= 0.3 is 0 Å². The first-order chi connectivity index (χ1) is 8.33.